The van der Waals surface area contributed by atoms with Crippen molar-refractivity contribution in [2.45, 2.75) is 56.4 Å². The molecule has 1 spiro atoms. The van der Waals surface area contributed by atoms with Gasteiger partial charge in [0.05, 0.1) is 12.6 Å². The molecular formula is C31H36N4O5. The molecule has 2 saturated heterocycles. The highest BCUT2D eigenvalue weighted by atomic mass is 16.5. The van der Waals surface area contributed by atoms with Crippen molar-refractivity contribution in [1.82, 2.24) is 15.1 Å². The molecule has 4 aliphatic heterocycles. The number of carbonyl (C=O) groups is 4. The molecule has 4 heterocycles. The van der Waals surface area contributed by atoms with Crippen molar-refractivity contribution in [2.75, 3.05) is 44.2 Å². The van der Waals surface area contributed by atoms with Crippen molar-refractivity contribution < 1.29 is 23.9 Å². The summed E-state index contributed by atoms with van der Waals surface area (Å²) < 4.78 is 6.00. The van der Waals surface area contributed by atoms with Crippen molar-refractivity contribution in [3.63, 3.8) is 0 Å². The lowest BCUT2D eigenvalue weighted by atomic mass is 9.72. The summed E-state index contributed by atoms with van der Waals surface area (Å²) >= 11 is 0. The Bertz CT molecular complexity index is 1330. The topological polar surface area (TPSA) is 99.3 Å². The van der Waals surface area contributed by atoms with E-state index in [-0.39, 0.29) is 36.6 Å². The Morgan fingerprint density at radius 1 is 1.00 bits per heavy atom. The summed E-state index contributed by atoms with van der Waals surface area (Å²) in [5, 5.41) is 2.91. The first-order chi connectivity index (χ1) is 19.5. The van der Waals surface area contributed by atoms with Gasteiger partial charge in [0.25, 0.3) is 0 Å². The molecular weight excluding hydrogens is 508 g/mol. The van der Waals surface area contributed by atoms with Gasteiger partial charge in [0, 0.05) is 44.7 Å². The Balaban J connectivity index is 1.40. The quantitative estimate of drug-likeness (QED) is 0.641. The molecule has 210 valence electrons. The number of amides is 4. The summed E-state index contributed by atoms with van der Waals surface area (Å²) in [4.78, 5) is 59.0. The number of para-hydroxylation sites is 1. The lowest BCUT2D eigenvalue weighted by Crippen LogP contribution is -2.48. The second-order valence-corrected chi connectivity index (χ2v) is 11.2. The monoisotopic (exact) mass is 544 g/mol. The summed E-state index contributed by atoms with van der Waals surface area (Å²) in [5.41, 5.74) is 1.38. The lowest BCUT2D eigenvalue weighted by molar-refractivity contribution is -0.136. The van der Waals surface area contributed by atoms with Crippen LogP contribution >= 0.6 is 0 Å². The third-order valence-electron chi connectivity index (χ3n) is 8.80. The highest BCUT2D eigenvalue weighted by Crippen LogP contribution is 2.56. The molecule has 1 N–H and O–H groups in total. The molecule has 4 bridgehead atoms. The third kappa shape index (κ3) is 4.61. The molecule has 2 atom stereocenters. The fourth-order valence-electron chi connectivity index (χ4n) is 6.89. The zero-order valence-corrected chi connectivity index (χ0v) is 22.8. The summed E-state index contributed by atoms with van der Waals surface area (Å²) in [6.45, 7) is 2.29. The Morgan fingerprint density at radius 2 is 1.88 bits per heavy atom. The lowest BCUT2D eigenvalue weighted by Gasteiger charge is -2.35. The first-order valence-electron chi connectivity index (χ1n) is 14.5. The molecule has 0 aliphatic carbocycles. The minimum Gasteiger partial charge on any atom is -0.494 e. The number of rotatable bonds is 3. The number of carbonyl (C=O) groups excluding carboxylic acids is 4. The molecule has 0 unspecified atom stereocenters. The van der Waals surface area contributed by atoms with Crippen LogP contribution in [0.2, 0.25) is 0 Å². The van der Waals surface area contributed by atoms with Crippen molar-refractivity contribution in [3.8, 4) is 5.75 Å². The zero-order valence-electron chi connectivity index (χ0n) is 22.8. The Morgan fingerprint density at radius 3 is 2.77 bits per heavy atom. The number of nitrogens with zero attached hydrogens (tertiary/aromatic N) is 3. The average molecular weight is 545 g/mol. The normalized spacial score (nSPS) is 24.9. The molecule has 0 saturated carbocycles. The molecule has 0 aromatic heterocycles. The van der Waals surface area contributed by atoms with Crippen LogP contribution in [0, 0.1) is 0 Å². The molecule has 9 nitrogen and oxygen atoms in total. The van der Waals surface area contributed by atoms with Crippen LogP contribution in [-0.4, -0.2) is 72.8 Å². The van der Waals surface area contributed by atoms with E-state index < -0.39 is 11.5 Å². The van der Waals surface area contributed by atoms with Gasteiger partial charge >= 0.3 is 0 Å². The predicted octanol–water partition coefficient (Wildman–Crippen LogP) is 2.94. The maximum Gasteiger partial charge on any atom is 0.240 e. The zero-order chi connectivity index (χ0) is 27.7. The highest BCUT2D eigenvalue weighted by Gasteiger charge is 2.61. The van der Waals surface area contributed by atoms with Gasteiger partial charge in [0.15, 0.2) is 0 Å². The van der Waals surface area contributed by atoms with Crippen molar-refractivity contribution in [3.05, 3.63) is 59.7 Å². The summed E-state index contributed by atoms with van der Waals surface area (Å²) in [5.74, 6) is 0.323. The van der Waals surface area contributed by atoms with Crippen LogP contribution in [0.5, 0.6) is 5.75 Å². The molecule has 4 aliphatic rings. The number of ether oxygens (including phenoxy) is 1. The van der Waals surface area contributed by atoms with Gasteiger partial charge in [-0.25, -0.2) is 0 Å². The van der Waals surface area contributed by atoms with Crippen LogP contribution in [0.4, 0.5) is 5.69 Å². The minimum absolute atomic E-state index is 0.0732. The van der Waals surface area contributed by atoms with E-state index >= 15 is 0 Å². The number of benzene rings is 2. The maximum absolute atomic E-state index is 14.5. The molecule has 2 aromatic carbocycles. The first kappa shape index (κ1) is 26.3. The standard InChI is InChI=1S/C31H36N4O5/c36-26-21-35-25-11-4-3-10-24(25)31(30(35)39)14-18-34(28(38)13-17-33-16-5-1-2-12-27(33)37)29(31)22-8-6-9-23(20-22)40-19-7-15-32-26/h3-4,6,8-11,20,29H,1-2,5,7,12-19,21H2,(H,32,36)/t29-,31+/m0/s1. The van der Waals surface area contributed by atoms with Crippen LogP contribution in [0.15, 0.2) is 48.5 Å². The van der Waals surface area contributed by atoms with Gasteiger partial charge in [-0.05, 0) is 55.0 Å². The smallest absolute Gasteiger partial charge is 0.240 e. The molecule has 9 heteroatoms. The molecule has 2 fully saturated rings. The number of hydrogen-bond acceptors (Lipinski definition) is 5. The number of anilines is 1. The van der Waals surface area contributed by atoms with E-state index in [9.17, 15) is 19.2 Å². The van der Waals surface area contributed by atoms with E-state index in [2.05, 4.69) is 5.32 Å². The SMILES string of the molecule is O=C1CN2C(=O)[C@]3(CCN(C(=O)CCN4CCCCCC4=O)[C@H]3c3cccc(c3)OCCCN1)c1ccccc12. The van der Waals surface area contributed by atoms with Gasteiger partial charge in [-0.2, -0.15) is 0 Å². The number of nitrogens with one attached hydrogen (secondary N) is 1. The van der Waals surface area contributed by atoms with E-state index in [4.69, 9.17) is 4.74 Å². The molecule has 0 radical (unpaired) electrons. The van der Waals surface area contributed by atoms with E-state index in [1.54, 1.807) is 4.90 Å². The van der Waals surface area contributed by atoms with Gasteiger partial charge in [0.1, 0.15) is 17.7 Å². The molecule has 6 rings (SSSR count). The van der Waals surface area contributed by atoms with Gasteiger partial charge in [-0.3, -0.25) is 19.2 Å². The fourth-order valence-corrected chi connectivity index (χ4v) is 6.89. The Labute approximate surface area is 234 Å². The molecule has 4 amide bonds. The van der Waals surface area contributed by atoms with Gasteiger partial charge in [-0.1, -0.05) is 36.8 Å². The second-order valence-electron chi connectivity index (χ2n) is 11.2. The van der Waals surface area contributed by atoms with Gasteiger partial charge in [-0.15, -0.1) is 0 Å². The maximum atomic E-state index is 14.5. The Kier molecular flexibility index (Phi) is 7.21. The van der Waals surface area contributed by atoms with Crippen LogP contribution < -0.4 is 15.0 Å². The van der Waals surface area contributed by atoms with Gasteiger partial charge < -0.3 is 24.8 Å². The van der Waals surface area contributed by atoms with Crippen LogP contribution in [-0.2, 0) is 24.6 Å². The summed E-state index contributed by atoms with van der Waals surface area (Å²) in [6.07, 6.45) is 4.70. The average Bonchev–Trinajstić information content (AvgIpc) is 3.38. The fraction of sp³-hybridized carbons (Fsp3) is 0.484. The minimum atomic E-state index is -1.02. The molecule has 40 heavy (non-hydrogen) atoms. The number of fused-ring (bicyclic) bond motifs is 6. The largest absolute Gasteiger partial charge is 0.494 e. The number of hydrogen-bond donors (Lipinski definition) is 1. The van der Waals surface area contributed by atoms with E-state index in [1.165, 1.54) is 0 Å². The van der Waals surface area contributed by atoms with Crippen molar-refractivity contribution >= 4 is 29.3 Å². The first-order valence-corrected chi connectivity index (χ1v) is 14.5. The van der Waals surface area contributed by atoms with Crippen molar-refractivity contribution in [2.24, 2.45) is 0 Å². The van der Waals surface area contributed by atoms with E-state index in [0.717, 1.165) is 36.1 Å². The summed E-state index contributed by atoms with van der Waals surface area (Å²) in [7, 11) is 0. The third-order valence-corrected chi connectivity index (χ3v) is 8.80. The molecule has 2 aromatic rings. The van der Waals surface area contributed by atoms with Crippen LogP contribution in [0.3, 0.4) is 0 Å². The summed E-state index contributed by atoms with van der Waals surface area (Å²) in [6, 6.07) is 14.8. The highest BCUT2D eigenvalue weighted by molar-refractivity contribution is 6.12. The number of likely N-dealkylation sites (tertiary alicyclic amines) is 2. The van der Waals surface area contributed by atoms with Crippen LogP contribution in [0.25, 0.3) is 0 Å². The van der Waals surface area contributed by atoms with Crippen LogP contribution in [0.1, 0.15) is 62.1 Å². The van der Waals surface area contributed by atoms with E-state index in [1.807, 2.05) is 58.3 Å². The van der Waals surface area contributed by atoms with E-state index in [0.29, 0.717) is 57.8 Å². The van der Waals surface area contributed by atoms with Gasteiger partial charge in [0.2, 0.25) is 23.6 Å². The Hall–Kier alpha value is -3.88. The van der Waals surface area contributed by atoms with Crippen molar-refractivity contribution in [1.29, 1.82) is 0 Å². The second kappa shape index (κ2) is 10.9. The predicted molar refractivity (Wildman–Crippen MR) is 149 cm³/mol.